The Morgan fingerprint density at radius 1 is 1.17 bits per heavy atom. The third-order valence-electron chi connectivity index (χ3n) is 3.37. The minimum Gasteiger partial charge on any atom is -0.481 e. The Morgan fingerprint density at radius 2 is 1.83 bits per heavy atom. The maximum absolute atomic E-state index is 11.5. The summed E-state index contributed by atoms with van der Waals surface area (Å²) in [6, 6.07) is 12.6. The molecule has 7 nitrogen and oxygen atoms in total. The van der Waals surface area contributed by atoms with E-state index in [1.54, 1.807) is 24.3 Å². The van der Waals surface area contributed by atoms with E-state index in [-0.39, 0.29) is 12.3 Å². The van der Waals surface area contributed by atoms with Crippen molar-refractivity contribution in [2.75, 3.05) is 6.61 Å². The van der Waals surface area contributed by atoms with Gasteiger partial charge in [0.25, 0.3) is 5.69 Å². The van der Waals surface area contributed by atoms with Crippen LogP contribution >= 0.6 is 0 Å². The number of carbonyl (C=O) groups is 1. The van der Waals surface area contributed by atoms with Gasteiger partial charge in [-0.3, -0.25) is 14.9 Å². The molecule has 1 aliphatic heterocycles. The van der Waals surface area contributed by atoms with E-state index >= 15 is 0 Å². The number of nitro groups is 1. The maximum Gasteiger partial charge on any atom is 0.315 e. The van der Waals surface area contributed by atoms with Gasteiger partial charge in [0.15, 0.2) is 18.1 Å². The Bertz CT molecular complexity index is 757. The standard InChI is InChI=1S/C16H13NO6/c1-11(18)22-16(12-6-8-13(9-7-12)17(19)20)10-21-14-4-2-3-5-15(14)23-16/h2-9H,10H2,1H3. The zero-order valence-electron chi connectivity index (χ0n) is 12.2. The van der Waals surface area contributed by atoms with E-state index in [9.17, 15) is 14.9 Å². The summed E-state index contributed by atoms with van der Waals surface area (Å²) in [4.78, 5) is 21.8. The topological polar surface area (TPSA) is 87.9 Å². The van der Waals surface area contributed by atoms with E-state index in [1.165, 1.54) is 31.2 Å². The number of nitrogens with zero attached hydrogens (tertiary/aromatic N) is 1. The number of esters is 1. The summed E-state index contributed by atoms with van der Waals surface area (Å²) in [6.07, 6.45) is 0. The highest BCUT2D eigenvalue weighted by molar-refractivity contribution is 5.67. The van der Waals surface area contributed by atoms with E-state index < -0.39 is 16.7 Å². The Morgan fingerprint density at radius 3 is 2.43 bits per heavy atom. The van der Waals surface area contributed by atoms with Crippen LogP contribution < -0.4 is 9.47 Å². The van der Waals surface area contributed by atoms with Crippen LogP contribution in [0.5, 0.6) is 11.5 Å². The van der Waals surface area contributed by atoms with Gasteiger partial charge in [-0.15, -0.1) is 0 Å². The van der Waals surface area contributed by atoms with Gasteiger partial charge in [0.05, 0.1) is 4.92 Å². The predicted molar refractivity (Wildman–Crippen MR) is 79.1 cm³/mol. The number of rotatable bonds is 3. The summed E-state index contributed by atoms with van der Waals surface area (Å²) in [6.45, 7) is 1.21. The maximum atomic E-state index is 11.5. The quantitative estimate of drug-likeness (QED) is 0.491. The summed E-state index contributed by atoms with van der Waals surface area (Å²) in [5.41, 5.74) is 0.386. The largest absolute Gasteiger partial charge is 0.481 e. The summed E-state index contributed by atoms with van der Waals surface area (Å²) in [5.74, 6) is -1.06. The third kappa shape index (κ3) is 2.80. The van der Waals surface area contributed by atoms with Crippen LogP contribution in [0.25, 0.3) is 0 Å². The third-order valence-corrected chi connectivity index (χ3v) is 3.37. The number of ether oxygens (including phenoxy) is 3. The van der Waals surface area contributed by atoms with Crippen LogP contribution in [0.1, 0.15) is 12.5 Å². The SMILES string of the molecule is CC(=O)OC1(c2ccc([N+](=O)[O-])cc2)COc2ccccc2O1. The molecule has 7 heteroatoms. The molecule has 1 unspecified atom stereocenters. The Kier molecular flexibility index (Phi) is 3.61. The average molecular weight is 315 g/mol. The minimum absolute atomic E-state index is 0.0542. The van der Waals surface area contributed by atoms with Gasteiger partial charge in [-0.1, -0.05) is 12.1 Å². The van der Waals surface area contributed by atoms with Crippen molar-refractivity contribution < 1.29 is 23.9 Å². The van der Waals surface area contributed by atoms with Gasteiger partial charge in [-0.05, 0) is 24.3 Å². The number of fused-ring (bicyclic) bond motifs is 1. The molecule has 0 N–H and O–H groups in total. The predicted octanol–water partition coefficient (Wildman–Crippen LogP) is 2.78. The second-order valence-electron chi connectivity index (χ2n) is 4.99. The zero-order chi connectivity index (χ0) is 16.4. The fourth-order valence-electron chi connectivity index (χ4n) is 2.35. The van der Waals surface area contributed by atoms with E-state index in [4.69, 9.17) is 14.2 Å². The molecule has 0 radical (unpaired) electrons. The van der Waals surface area contributed by atoms with E-state index in [0.717, 1.165) is 0 Å². The molecule has 3 rings (SSSR count). The molecule has 1 heterocycles. The van der Waals surface area contributed by atoms with Gasteiger partial charge >= 0.3 is 11.8 Å². The van der Waals surface area contributed by atoms with Crippen LogP contribution in [0.4, 0.5) is 5.69 Å². The summed E-state index contributed by atoms with van der Waals surface area (Å²) < 4.78 is 16.9. The van der Waals surface area contributed by atoms with Crippen molar-refractivity contribution in [3.8, 4) is 11.5 Å². The van der Waals surface area contributed by atoms with Crippen molar-refractivity contribution in [3.05, 3.63) is 64.2 Å². The molecule has 0 aromatic heterocycles. The van der Waals surface area contributed by atoms with Gasteiger partial charge in [-0.25, -0.2) is 0 Å². The van der Waals surface area contributed by atoms with Crippen molar-refractivity contribution in [2.45, 2.75) is 12.7 Å². The fraction of sp³-hybridized carbons (Fsp3) is 0.188. The molecular formula is C16H13NO6. The van der Waals surface area contributed by atoms with Crippen LogP contribution in [-0.4, -0.2) is 17.5 Å². The summed E-state index contributed by atoms with van der Waals surface area (Å²) in [5, 5.41) is 10.8. The first-order valence-corrected chi connectivity index (χ1v) is 6.85. The molecule has 0 bridgehead atoms. The monoisotopic (exact) mass is 315 g/mol. The highest BCUT2D eigenvalue weighted by Crippen LogP contribution is 2.40. The average Bonchev–Trinajstić information content (AvgIpc) is 2.54. The fourth-order valence-corrected chi connectivity index (χ4v) is 2.35. The first-order valence-electron chi connectivity index (χ1n) is 6.85. The van der Waals surface area contributed by atoms with Gasteiger partial charge in [-0.2, -0.15) is 0 Å². The smallest absolute Gasteiger partial charge is 0.315 e. The van der Waals surface area contributed by atoms with Gasteiger partial charge in [0, 0.05) is 24.6 Å². The first-order chi connectivity index (χ1) is 11.0. The lowest BCUT2D eigenvalue weighted by atomic mass is 10.0. The van der Waals surface area contributed by atoms with Crippen molar-refractivity contribution >= 4 is 11.7 Å². The molecule has 23 heavy (non-hydrogen) atoms. The number of nitro benzene ring substituents is 1. The van der Waals surface area contributed by atoms with Crippen LogP contribution in [0, 0.1) is 10.1 Å². The molecule has 0 spiro atoms. The van der Waals surface area contributed by atoms with Gasteiger partial charge < -0.3 is 14.2 Å². The van der Waals surface area contributed by atoms with E-state index in [1.807, 2.05) is 0 Å². The number of benzene rings is 2. The van der Waals surface area contributed by atoms with Crippen molar-refractivity contribution in [3.63, 3.8) is 0 Å². The number of non-ortho nitro benzene ring substituents is 1. The highest BCUT2D eigenvalue weighted by atomic mass is 16.7. The summed E-state index contributed by atoms with van der Waals surface area (Å²) in [7, 11) is 0. The Hall–Kier alpha value is -3.09. The molecule has 1 aliphatic rings. The Labute approximate surface area is 131 Å². The number of hydrogen-bond donors (Lipinski definition) is 0. The second-order valence-corrected chi connectivity index (χ2v) is 4.99. The molecule has 0 amide bonds. The number of hydrogen-bond acceptors (Lipinski definition) is 6. The van der Waals surface area contributed by atoms with Crippen molar-refractivity contribution in [1.29, 1.82) is 0 Å². The minimum atomic E-state index is -1.48. The van der Waals surface area contributed by atoms with Gasteiger partial charge in [0.1, 0.15) is 0 Å². The molecule has 2 aromatic carbocycles. The van der Waals surface area contributed by atoms with Crippen LogP contribution in [-0.2, 0) is 15.3 Å². The van der Waals surface area contributed by atoms with E-state index in [0.29, 0.717) is 17.1 Å². The van der Waals surface area contributed by atoms with Crippen molar-refractivity contribution in [2.24, 2.45) is 0 Å². The normalized spacial score (nSPS) is 19.0. The van der Waals surface area contributed by atoms with E-state index in [2.05, 4.69) is 0 Å². The first kappa shape index (κ1) is 14.8. The van der Waals surface area contributed by atoms with Crippen LogP contribution in [0.3, 0.4) is 0 Å². The molecule has 0 saturated carbocycles. The molecule has 2 aromatic rings. The second kappa shape index (κ2) is 5.60. The lowest BCUT2D eigenvalue weighted by Crippen LogP contribution is -2.45. The lowest BCUT2D eigenvalue weighted by molar-refractivity contribution is -0.384. The molecule has 0 saturated heterocycles. The molecular weight excluding hydrogens is 302 g/mol. The molecule has 0 aliphatic carbocycles. The number of para-hydroxylation sites is 2. The lowest BCUT2D eigenvalue weighted by Gasteiger charge is -2.37. The molecule has 118 valence electrons. The Balaban J connectivity index is 2.01. The van der Waals surface area contributed by atoms with Crippen molar-refractivity contribution in [1.82, 2.24) is 0 Å². The zero-order valence-corrected chi connectivity index (χ0v) is 12.2. The highest BCUT2D eigenvalue weighted by Gasteiger charge is 2.43. The van der Waals surface area contributed by atoms with Gasteiger partial charge in [0.2, 0.25) is 0 Å². The van der Waals surface area contributed by atoms with Crippen LogP contribution in [0.15, 0.2) is 48.5 Å². The summed E-state index contributed by atoms with van der Waals surface area (Å²) >= 11 is 0. The number of carbonyl (C=O) groups excluding carboxylic acids is 1. The molecule has 1 atom stereocenters. The van der Waals surface area contributed by atoms with Crippen LogP contribution in [0.2, 0.25) is 0 Å². The molecule has 0 fully saturated rings.